The molecule has 0 aromatic heterocycles. The minimum atomic E-state index is -1.80. The summed E-state index contributed by atoms with van der Waals surface area (Å²) in [6.45, 7) is 6.25. The van der Waals surface area contributed by atoms with Gasteiger partial charge in [-0.1, -0.05) is 0 Å². The number of hydrogen-bond donors (Lipinski definition) is 0. The number of hydrogen-bond acceptors (Lipinski definition) is 16. The van der Waals surface area contributed by atoms with Crippen molar-refractivity contribution in [2.45, 2.75) is 95.5 Å². The molecule has 0 aliphatic carbocycles. The summed E-state index contributed by atoms with van der Waals surface area (Å²) in [6, 6.07) is 0. The normalized spacial score (nSPS) is 34.6. The molecule has 15 nitrogen and oxygen atoms in total. The molecule has 0 saturated carbocycles. The average molecular weight is 593 g/mol. The fourth-order valence-corrected chi connectivity index (χ4v) is 5.95. The quantitative estimate of drug-likeness (QED) is 0.266. The van der Waals surface area contributed by atoms with Gasteiger partial charge < -0.3 is 42.6 Å². The van der Waals surface area contributed by atoms with Crippen molar-refractivity contribution in [3.63, 3.8) is 0 Å². The van der Waals surface area contributed by atoms with E-state index in [1.54, 1.807) is 0 Å². The van der Waals surface area contributed by atoms with Crippen LogP contribution in [0, 0.1) is 0 Å². The van der Waals surface area contributed by atoms with E-state index in [1.165, 1.54) is 13.8 Å². The second-order valence-corrected chi connectivity index (χ2v) is 10.3. The Morgan fingerprint density at radius 2 is 1.15 bits per heavy atom. The van der Waals surface area contributed by atoms with Crippen molar-refractivity contribution < 1.29 is 71.4 Å². The molecule has 0 aromatic carbocycles. The molecule has 3 aliphatic rings. The maximum absolute atomic E-state index is 12.1. The lowest BCUT2D eigenvalue weighted by molar-refractivity contribution is -0.322. The Morgan fingerprint density at radius 1 is 0.650 bits per heavy atom. The van der Waals surface area contributed by atoms with Gasteiger partial charge in [-0.05, 0) is 0 Å². The fourth-order valence-electron chi connectivity index (χ4n) is 4.63. The van der Waals surface area contributed by atoms with Crippen molar-refractivity contribution >= 4 is 47.6 Å². The van der Waals surface area contributed by atoms with Crippen LogP contribution in [-0.2, 0) is 71.4 Å². The zero-order valence-corrected chi connectivity index (χ0v) is 23.6. The van der Waals surface area contributed by atoms with E-state index in [9.17, 15) is 28.8 Å². The Labute approximate surface area is 233 Å². The second kappa shape index (κ2) is 13.1. The Bertz CT molecular complexity index is 1020. The number of esters is 6. The maximum Gasteiger partial charge on any atom is 0.303 e. The first kappa shape index (κ1) is 31.6. The molecule has 3 fully saturated rings. The van der Waals surface area contributed by atoms with Crippen molar-refractivity contribution in [3.05, 3.63) is 0 Å². The summed E-state index contributed by atoms with van der Waals surface area (Å²) in [5.41, 5.74) is -0.858. The van der Waals surface area contributed by atoms with Crippen molar-refractivity contribution in [3.8, 4) is 0 Å². The molecular weight excluding hydrogens is 560 g/mol. The highest BCUT2D eigenvalue weighted by atomic mass is 32.2. The number of carbonyl (C=O) groups excluding carboxylic acids is 6. The first-order chi connectivity index (χ1) is 18.7. The lowest BCUT2D eigenvalue weighted by Crippen LogP contribution is -2.67. The second-order valence-electron chi connectivity index (χ2n) is 9.26. The summed E-state index contributed by atoms with van der Waals surface area (Å²) < 4.78 is 50.6. The molecule has 0 bridgehead atoms. The van der Waals surface area contributed by atoms with Crippen LogP contribution in [0.25, 0.3) is 0 Å². The van der Waals surface area contributed by atoms with Gasteiger partial charge in [-0.3, -0.25) is 28.8 Å². The van der Waals surface area contributed by atoms with Gasteiger partial charge in [-0.15, -0.1) is 11.8 Å². The summed E-state index contributed by atoms with van der Waals surface area (Å²) in [5, 5.41) is 0. The predicted octanol–water partition coefficient (Wildman–Crippen LogP) is -0.209. The Balaban J connectivity index is 2.00. The van der Waals surface area contributed by atoms with Crippen LogP contribution in [0.5, 0.6) is 0 Å². The van der Waals surface area contributed by atoms with Gasteiger partial charge in [0.1, 0.15) is 37.0 Å². The van der Waals surface area contributed by atoms with Crippen LogP contribution in [-0.4, -0.2) is 109 Å². The van der Waals surface area contributed by atoms with E-state index in [0.717, 1.165) is 39.5 Å². The molecule has 224 valence electrons. The lowest BCUT2D eigenvalue weighted by Gasteiger charge is -2.51. The molecule has 1 spiro atoms. The van der Waals surface area contributed by atoms with Gasteiger partial charge >= 0.3 is 35.8 Å². The predicted molar refractivity (Wildman–Crippen MR) is 129 cm³/mol. The van der Waals surface area contributed by atoms with Gasteiger partial charge in [-0.2, -0.15) is 0 Å². The smallest absolute Gasteiger partial charge is 0.303 e. The van der Waals surface area contributed by atoms with E-state index in [1.807, 2.05) is 0 Å². The van der Waals surface area contributed by atoms with Crippen LogP contribution in [0.4, 0.5) is 0 Å². The molecule has 40 heavy (non-hydrogen) atoms. The Kier molecular flexibility index (Phi) is 10.4. The Hall–Kier alpha value is -2.95. The van der Waals surface area contributed by atoms with Crippen molar-refractivity contribution in [1.29, 1.82) is 0 Å². The van der Waals surface area contributed by atoms with Crippen LogP contribution in [0.1, 0.15) is 41.5 Å². The molecule has 0 N–H and O–H groups in total. The number of carbonyl (C=O) groups is 6. The molecule has 3 saturated heterocycles. The lowest BCUT2D eigenvalue weighted by atomic mass is 9.98. The highest BCUT2D eigenvalue weighted by Gasteiger charge is 2.66. The summed E-state index contributed by atoms with van der Waals surface area (Å²) in [5.74, 6) is -6.03. The minimum Gasteiger partial charge on any atom is -0.463 e. The van der Waals surface area contributed by atoms with Gasteiger partial charge in [0.15, 0.2) is 24.4 Å². The van der Waals surface area contributed by atoms with Crippen LogP contribution >= 0.6 is 11.8 Å². The van der Waals surface area contributed by atoms with E-state index in [2.05, 4.69) is 0 Å². The van der Waals surface area contributed by atoms with Crippen molar-refractivity contribution in [1.82, 2.24) is 0 Å². The maximum atomic E-state index is 12.1. The highest BCUT2D eigenvalue weighted by Crippen LogP contribution is 2.48. The SMILES string of the molecule is CC(=O)OC[C@H]1O[C@]2(CS[C@H]3O[C@H](COC(C)=O)[C@@H](OC(C)=O)[C@H](OC(C)=O)[C@@H]3O2)[C@@H](OC(C)=O)[C@@H]1OC(C)=O. The minimum absolute atomic E-state index is 0.0498. The molecule has 3 rings (SSSR count). The third kappa shape index (κ3) is 7.62. The van der Waals surface area contributed by atoms with Gasteiger partial charge in [0.25, 0.3) is 0 Å². The van der Waals surface area contributed by atoms with Gasteiger partial charge in [-0.25, -0.2) is 0 Å². The monoisotopic (exact) mass is 592 g/mol. The van der Waals surface area contributed by atoms with Crippen molar-refractivity contribution in [2.24, 2.45) is 0 Å². The summed E-state index contributed by atoms with van der Waals surface area (Å²) in [6.07, 6.45) is -8.44. The van der Waals surface area contributed by atoms with Gasteiger partial charge in [0.2, 0.25) is 5.79 Å². The standard InChI is InChI=1S/C24H32O15S/c1-10(25)31-7-16-18(33-12(3)27)20(35-14(5)29)21-23(37-16)40-9-24(39-21)22(36-15(6)30)19(34-13(4)28)17(38-24)8-32-11(2)26/h16-23H,7-9H2,1-6H3/t16-,17-,18-,19-,20+,21+,22+,23-,24+/m1/s1. The molecule has 9 atom stereocenters. The molecule has 0 unspecified atom stereocenters. The van der Waals surface area contributed by atoms with E-state index >= 15 is 0 Å². The molecule has 0 amide bonds. The first-order valence-corrected chi connectivity index (χ1v) is 13.4. The van der Waals surface area contributed by atoms with Gasteiger partial charge in [0, 0.05) is 41.5 Å². The van der Waals surface area contributed by atoms with Gasteiger partial charge in [0.05, 0.1) is 5.75 Å². The third-order valence-corrected chi connectivity index (χ3v) is 7.20. The molecule has 0 aromatic rings. The Morgan fingerprint density at radius 3 is 1.68 bits per heavy atom. The molecule has 16 heteroatoms. The highest BCUT2D eigenvalue weighted by molar-refractivity contribution is 7.99. The first-order valence-electron chi connectivity index (χ1n) is 12.3. The zero-order chi connectivity index (χ0) is 29.8. The number of fused-ring (bicyclic) bond motifs is 1. The molecule has 0 radical (unpaired) electrons. The molecule has 3 aliphatic heterocycles. The van der Waals surface area contributed by atoms with Crippen LogP contribution in [0.15, 0.2) is 0 Å². The average Bonchev–Trinajstić information content (AvgIpc) is 3.08. The molecule has 3 heterocycles. The third-order valence-electron chi connectivity index (χ3n) is 5.93. The fraction of sp³-hybridized carbons (Fsp3) is 0.750. The van der Waals surface area contributed by atoms with E-state index in [-0.39, 0.29) is 19.0 Å². The van der Waals surface area contributed by atoms with Crippen LogP contribution in [0.2, 0.25) is 0 Å². The summed E-state index contributed by atoms with van der Waals surface area (Å²) in [7, 11) is 0. The number of ether oxygens (including phenoxy) is 9. The van der Waals surface area contributed by atoms with E-state index in [4.69, 9.17) is 42.6 Å². The summed E-state index contributed by atoms with van der Waals surface area (Å²) >= 11 is 1.13. The summed E-state index contributed by atoms with van der Waals surface area (Å²) in [4.78, 5) is 71.1. The molecular formula is C24H32O15S. The topological polar surface area (TPSA) is 185 Å². The van der Waals surface area contributed by atoms with E-state index in [0.29, 0.717) is 0 Å². The largest absolute Gasteiger partial charge is 0.463 e. The van der Waals surface area contributed by atoms with Crippen LogP contribution in [0.3, 0.4) is 0 Å². The zero-order valence-electron chi connectivity index (χ0n) is 22.8. The van der Waals surface area contributed by atoms with E-state index < -0.39 is 89.8 Å². The van der Waals surface area contributed by atoms with Crippen LogP contribution < -0.4 is 0 Å². The number of thioether (sulfide) groups is 1. The number of rotatable bonds is 8. The van der Waals surface area contributed by atoms with Crippen molar-refractivity contribution in [2.75, 3.05) is 19.0 Å².